The monoisotopic (exact) mass is 284 g/mol. The normalized spacial score (nSPS) is 9.93. The summed E-state index contributed by atoms with van der Waals surface area (Å²) >= 11 is 4.41. The van der Waals surface area contributed by atoms with Crippen LogP contribution in [0.3, 0.4) is 0 Å². The number of carbonyl (C=O) groups excluding carboxylic acids is 1. The van der Waals surface area contributed by atoms with Crippen LogP contribution in [-0.2, 0) is 0 Å². The van der Waals surface area contributed by atoms with Crippen LogP contribution >= 0.6 is 27.5 Å². The van der Waals surface area contributed by atoms with Gasteiger partial charge in [-0.2, -0.15) is 0 Å². The summed E-state index contributed by atoms with van der Waals surface area (Å²) < 4.78 is 4.45. The highest BCUT2D eigenvalue weighted by Gasteiger charge is 2.09. The fourth-order valence-electron chi connectivity index (χ4n) is 0.917. The lowest BCUT2D eigenvalue weighted by Crippen LogP contribution is -2.13. The van der Waals surface area contributed by atoms with Crippen molar-refractivity contribution in [2.45, 2.75) is 0 Å². The minimum atomic E-state index is -0.311. The van der Waals surface area contributed by atoms with Gasteiger partial charge in [0.05, 0.1) is 0 Å². The summed E-state index contributed by atoms with van der Waals surface area (Å²) in [6, 6.07) is 3.48. The molecule has 0 fully saturated rings. The molecule has 0 aliphatic rings. The van der Waals surface area contributed by atoms with Crippen molar-refractivity contribution in [3.63, 3.8) is 0 Å². The SMILES string of the molecule is O=C(Nc1cc(Br)ccn1)c1csnn1. The summed E-state index contributed by atoms with van der Waals surface area (Å²) in [5.41, 5.74) is 0.293. The standard InChI is InChI=1S/C8H5BrN4OS/c9-5-1-2-10-7(3-5)11-8(14)6-4-15-13-12-6/h1-4H,(H,10,11,14). The Morgan fingerprint density at radius 1 is 1.53 bits per heavy atom. The molecule has 1 N–H and O–H groups in total. The lowest BCUT2D eigenvalue weighted by Gasteiger charge is -2.01. The van der Waals surface area contributed by atoms with Gasteiger partial charge in [-0.25, -0.2) is 4.98 Å². The second-order valence-electron chi connectivity index (χ2n) is 2.60. The van der Waals surface area contributed by atoms with E-state index in [4.69, 9.17) is 0 Å². The van der Waals surface area contributed by atoms with Gasteiger partial charge in [-0.15, -0.1) is 5.10 Å². The maximum Gasteiger partial charge on any atom is 0.278 e. The molecule has 7 heteroatoms. The Hall–Kier alpha value is -1.34. The Kier molecular flexibility index (Phi) is 3.02. The fraction of sp³-hybridized carbons (Fsp3) is 0. The summed E-state index contributed by atoms with van der Waals surface area (Å²) in [5.74, 6) is 0.164. The van der Waals surface area contributed by atoms with Gasteiger partial charge >= 0.3 is 0 Å². The van der Waals surface area contributed by atoms with Crippen LogP contribution < -0.4 is 5.32 Å². The van der Waals surface area contributed by atoms with E-state index in [0.29, 0.717) is 11.5 Å². The summed E-state index contributed by atoms with van der Waals surface area (Å²) in [7, 11) is 0. The van der Waals surface area contributed by atoms with E-state index in [0.717, 1.165) is 16.0 Å². The van der Waals surface area contributed by atoms with Crippen LogP contribution in [0.15, 0.2) is 28.2 Å². The molecule has 5 nitrogen and oxygen atoms in total. The molecule has 2 rings (SSSR count). The highest BCUT2D eigenvalue weighted by molar-refractivity contribution is 9.10. The molecule has 2 aromatic rings. The molecule has 0 aliphatic heterocycles. The predicted octanol–water partition coefficient (Wildman–Crippen LogP) is 1.95. The third-order valence-electron chi connectivity index (χ3n) is 1.56. The quantitative estimate of drug-likeness (QED) is 0.915. The number of hydrogen-bond donors (Lipinski definition) is 1. The molecule has 15 heavy (non-hydrogen) atoms. The minimum Gasteiger partial charge on any atom is -0.305 e. The molecule has 2 aromatic heterocycles. The van der Waals surface area contributed by atoms with Gasteiger partial charge in [-0.3, -0.25) is 4.79 Å². The second kappa shape index (κ2) is 4.45. The lowest BCUT2D eigenvalue weighted by molar-refractivity contribution is 0.102. The van der Waals surface area contributed by atoms with Crippen LogP contribution in [0.4, 0.5) is 5.82 Å². The molecule has 0 aromatic carbocycles. The van der Waals surface area contributed by atoms with Crippen molar-refractivity contribution in [2.75, 3.05) is 5.32 Å². The van der Waals surface area contributed by atoms with Gasteiger partial charge in [-0.1, -0.05) is 20.4 Å². The molecular weight excluding hydrogens is 280 g/mol. The zero-order chi connectivity index (χ0) is 10.7. The van der Waals surface area contributed by atoms with E-state index >= 15 is 0 Å². The van der Waals surface area contributed by atoms with Crippen molar-refractivity contribution >= 4 is 39.2 Å². The average molecular weight is 285 g/mol. The van der Waals surface area contributed by atoms with Gasteiger partial charge in [0, 0.05) is 16.0 Å². The van der Waals surface area contributed by atoms with Gasteiger partial charge in [0.15, 0.2) is 5.69 Å². The molecule has 0 saturated heterocycles. The first-order valence-electron chi connectivity index (χ1n) is 3.95. The Balaban J connectivity index is 2.13. The Bertz CT molecular complexity index is 473. The Morgan fingerprint density at radius 3 is 3.07 bits per heavy atom. The van der Waals surface area contributed by atoms with Crippen LogP contribution in [0.1, 0.15) is 10.5 Å². The number of nitrogens with one attached hydrogen (secondary N) is 1. The number of amides is 1. The summed E-state index contributed by atoms with van der Waals surface area (Å²) in [4.78, 5) is 15.5. The molecule has 0 saturated carbocycles. The van der Waals surface area contributed by atoms with Crippen molar-refractivity contribution in [3.8, 4) is 0 Å². The number of rotatable bonds is 2. The van der Waals surface area contributed by atoms with E-state index in [-0.39, 0.29) is 5.91 Å². The van der Waals surface area contributed by atoms with Crippen molar-refractivity contribution in [2.24, 2.45) is 0 Å². The van der Waals surface area contributed by atoms with Crippen LogP contribution in [0, 0.1) is 0 Å². The first-order valence-corrected chi connectivity index (χ1v) is 5.58. The molecule has 0 atom stereocenters. The average Bonchev–Trinajstić information content (AvgIpc) is 2.70. The second-order valence-corrected chi connectivity index (χ2v) is 4.13. The van der Waals surface area contributed by atoms with E-state index < -0.39 is 0 Å². The molecule has 0 aliphatic carbocycles. The molecule has 0 radical (unpaired) electrons. The van der Waals surface area contributed by atoms with Gasteiger partial charge in [-0.05, 0) is 23.7 Å². The van der Waals surface area contributed by atoms with Crippen LogP contribution in [0.25, 0.3) is 0 Å². The molecule has 0 spiro atoms. The number of pyridine rings is 1. The fourth-order valence-corrected chi connectivity index (χ4v) is 1.69. The number of hydrogen-bond acceptors (Lipinski definition) is 5. The van der Waals surface area contributed by atoms with E-state index in [2.05, 4.69) is 35.8 Å². The number of anilines is 1. The van der Waals surface area contributed by atoms with E-state index in [9.17, 15) is 4.79 Å². The number of carbonyl (C=O) groups is 1. The number of aromatic nitrogens is 3. The third-order valence-corrected chi connectivity index (χ3v) is 2.55. The first kappa shape index (κ1) is 10.2. The highest BCUT2D eigenvalue weighted by Crippen LogP contribution is 2.13. The van der Waals surface area contributed by atoms with Crippen LogP contribution in [-0.4, -0.2) is 20.5 Å². The zero-order valence-electron chi connectivity index (χ0n) is 7.35. The van der Waals surface area contributed by atoms with Crippen molar-refractivity contribution in [1.29, 1.82) is 0 Å². The van der Waals surface area contributed by atoms with E-state index in [1.165, 1.54) is 0 Å². The van der Waals surface area contributed by atoms with Crippen molar-refractivity contribution in [1.82, 2.24) is 14.6 Å². The smallest absolute Gasteiger partial charge is 0.278 e. The number of nitrogens with zero attached hydrogens (tertiary/aromatic N) is 3. The van der Waals surface area contributed by atoms with Gasteiger partial charge in [0.2, 0.25) is 0 Å². The summed E-state index contributed by atoms with van der Waals surface area (Å²) in [6.45, 7) is 0. The summed E-state index contributed by atoms with van der Waals surface area (Å²) in [6.07, 6.45) is 1.60. The van der Waals surface area contributed by atoms with E-state index in [1.54, 1.807) is 23.7 Å². The lowest BCUT2D eigenvalue weighted by atomic mass is 10.4. The Labute approximate surface area is 97.8 Å². The molecule has 2 heterocycles. The predicted molar refractivity (Wildman–Crippen MR) is 59.8 cm³/mol. The molecule has 0 unspecified atom stereocenters. The zero-order valence-corrected chi connectivity index (χ0v) is 9.75. The molecule has 76 valence electrons. The largest absolute Gasteiger partial charge is 0.305 e. The number of halogens is 1. The maximum atomic E-state index is 11.5. The molecular formula is C8H5BrN4OS. The van der Waals surface area contributed by atoms with Gasteiger partial charge < -0.3 is 5.32 Å². The third kappa shape index (κ3) is 2.57. The first-order chi connectivity index (χ1) is 7.25. The maximum absolute atomic E-state index is 11.5. The highest BCUT2D eigenvalue weighted by atomic mass is 79.9. The van der Waals surface area contributed by atoms with E-state index in [1.807, 2.05) is 0 Å². The minimum absolute atomic E-state index is 0.293. The Morgan fingerprint density at radius 2 is 2.40 bits per heavy atom. The van der Waals surface area contributed by atoms with Crippen molar-refractivity contribution < 1.29 is 4.79 Å². The van der Waals surface area contributed by atoms with Gasteiger partial charge in [0.25, 0.3) is 5.91 Å². The molecule has 0 bridgehead atoms. The van der Waals surface area contributed by atoms with Gasteiger partial charge in [0.1, 0.15) is 5.82 Å². The van der Waals surface area contributed by atoms with Crippen LogP contribution in [0.5, 0.6) is 0 Å². The van der Waals surface area contributed by atoms with Crippen LogP contribution in [0.2, 0.25) is 0 Å². The van der Waals surface area contributed by atoms with Crippen molar-refractivity contribution in [3.05, 3.63) is 33.9 Å². The summed E-state index contributed by atoms with van der Waals surface area (Å²) in [5, 5.41) is 7.84. The topological polar surface area (TPSA) is 67.8 Å². The molecule has 1 amide bonds.